The van der Waals surface area contributed by atoms with Crippen LogP contribution in [0.2, 0.25) is 0 Å². The van der Waals surface area contributed by atoms with Crippen molar-refractivity contribution in [3.63, 3.8) is 0 Å². The predicted molar refractivity (Wildman–Crippen MR) is 124 cm³/mol. The van der Waals surface area contributed by atoms with Crippen LogP contribution in [0.15, 0.2) is 58.2 Å². The number of benzene rings is 2. The van der Waals surface area contributed by atoms with Crippen LogP contribution in [0.3, 0.4) is 0 Å². The Labute approximate surface area is 193 Å². The number of hydrogen-bond donors (Lipinski definition) is 0. The van der Waals surface area contributed by atoms with E-state index in [1.807, 2.05) is 52.0 Å². The van der Waals surface area contributed by atoms with Crippen LogP contribution in [-0.2, 0) is 4.84 Å². The Hall–Kier alpha value is -2.57. The van der Waals surface area contributed by atoms with Gasteiger partial charge in [-0.1, -0.05) is 28.4 Å². The molecule has 0 heterocycles. The molecule has 8 heteroatoms. The molecule has 0 radical (unpaired) electrons. The lowest BCUT2D eigenvalue weighted by atomic mass is 10.2. The summed E-state index contributed by atoms with van der Waals surface area (Å²) in [7, 11) is 1.56. The maximum absolute atomic E-state index is 5.92. The van der Waals surface area contributed by atoms with Gasteiger partial charge in [-0.15, -0.1) is 0 Å². The van der Waals surface area contributed by atoms with Gasteiger partial charge in [0.05, 0.1) is 12.8 Å². The van der Waals surface area contributed by atoms with E-state index < -0.39 is 0 Å². The highest BCUT2D eigenvalue weighted by atomic mass is 35.5. The highest BCUT2D eigenvalue weighted by Crippen LogP contribution is 2.35. The molecule has 2 aromatic rings. The first kappa shape index (κ1) is 24.7. The molecule has 0 amide bonds. The van der Waals surface area contributed by atoms with Gasteiger partial charge >= 0.3 is 0 Å². The lowest BCUT2D eigenvalue weighted by molar-refractivity contribution is 0.0000979. The molecule has 2 rings (SSSR count). The van der Waals surface area contributed by atoms with Crippen molar-refractivity contribution in [3.05, 3.63) is 53.0 Å². The van der Waals surface area contributed by atoms with Gasteiger partial charge in [0.1, 0.15) is 40.6 Å². The second-order valence-corrected chi connectivity index (χ2v) is 8.52. The zero-order valence-corrected chi connectivity index (χ0v) is 19.8. The van der Waals surface area contributed by atoms with Crippen LogP contribution in [0.25, 0.3) is 0 Å². The molecule has 0 aromatic heterocycles. The van der Waals surface area contributed by atoms with Crippen molar-refractivity contribution in [2.75, 3.05) is 20.3 Å². The van der Waals surface area contributed by atoms with Crippen LogP contribution in [0, 0.1) is 0 Å². The molecule has 0 aliphatic carbocycles. The van der Waals surface area contributed by atoms with Gasteiger partial charge in [-0.25, -0.2) is 0 Å². The molecular formula is C23H27Cl2NO5. The van der Waals surface area contributed by atoms with Gasteiger partial charge in [-0.2, -0.15) is 0 Å². The van der Waals surface area contributed by atoms with Gasteiger partial charge in [-0.3, -0.25) is 0 Å². The molecule has 0 fully saturated rings. The molecule has 168 valence electrons. The van der Waals surface area contributed by atoms with Crippen molar-refractivity contribution in [2.45, 2.75) is 33.3 Å². The van der Waals surface area contributed by atoms with Crippen molar-refractivity contribution in [1.82, 2.24) is 0 Å². The van der Waals surface area contributed by atoms with E-state index in [4.69, 9.17) is 47.0 Å². The van der Waals surface area contributed by atoms with Crippen molar-refractivity contribution >= 4 is 28.9 Å². The third kappa shape index (κ3) is 9.40. The minimum absolute atomic E-state index is 0.153. The minimum Gasteiger partial charge on any atom is -0.493 e. The SMILES string of the molecule is COc1cc(OCC=C(Cl)Cl)ccc1Oc1ccc(OCC(C)=NOC(C)(C)C)cc1. The molecule has 0 saturated carbocycles. The van der Waals surface area contributed by atoms with E-state index in [2.05, 4.69) is 5.16 Å². The zero-order valence-electron chi connectivity index (χ0n) is 18.3. The first-order chi connectivity index (χ1) is 14.7. The Balaban J connectivity index is 1.95. The molecule has 0 N–H and O–H groups in total. The minimum atomic E-state index is -0.333. The largest absolute Gasteiger partial charge is 0.493 e. The van der Waals surface area contributed by atoms with Gasteiger partial charge in [-0.05, 0) is 70.2 Å². The predicted octanol–water partition coefficient (Wildman–Crippen LogP) is 6.76. The molecule has 0 aliphatic heterocycles. The van der Waals surface area contributed by atoms with Gasteiger partial charge in [0.15, 0.2) is 11.5 Å². The number of ether oxygens (including phenoxy) is 4. The van der Waals surface area contributed by atoms with E-state index in [9.17, 15) is 0 Å². The Bertz CT molecular complexity index is 901. The van der Waals surface area contributed by atoms with E-state index in [1.165, 1.54) is 0 Å². The van der Waals surface area contributed by atoms with Gasteiger partial charge < -0.3 is 23.8 Å². The molecule has 0 spiro atoms. The van der Waals surface area contributed by atoms with E-state index in [-0.39, 0.29) is 16.7 Å². The number of halogens is 2. The van der Waals surface area contributed by atoms with Crippen molar-refractivity contribution in [1.29, 1.82) is 0 Å². The van der Waals surface area contributed by atoms with Crippen LogP contribution < -0.4 is 18.9 Å². The van der Waals surface area contributed by atoms with Crippen molar-refractivity contribution < 1.29 is 23.8 Å². The monoisotopic (exact) mass is 467 g/mol. The lowest BCUT2D eigenvalue weighted by Crippen LogP contribution is -2.18. The fraction of sp³-hybridized carbons (Fsp3) is 0.348. The summed E-state index contributed by atoms with van der Waals surface area (Å²) in [5.41, 5.74) is 0.409. The maximum Gasteiger partial charge on any atom is 0.169 e. The number of rotatable bonds is 10. The van der Waals surface area contributed by atoms with E-state index >= 15 is 0 Å². The Morgan fingerprint density at radius 2 is 1.58 bits per heavy atom. The molecule has 31 heavy (non-hydrogen) atoms. The molecule has 0 aliphatic rings. The number of nitrogens with zero attached hydrogens (tertiary/aromatic N) is 1. The summed E-state index contributed by atoms with van der Waals surface area (Å²) < 4.78 is 22.7. The second-order valence-electron chi connectivity index (χ2n) is 7.51. The summed E-state index contributed by atoms with van der Waals surface area (Å²) in [5, 5.41) is 4.06. The zero-order chi connectivity index (χ0) is 22.9. The summed E-state index contributed by atoms with van der Waals surface area (Å²) >= 11 is 11.2. The summed E-state index contributed by atoms with van der Waals surface area (Å²) in [6.45, 7) is 8.24. The normalized spacial score (nSPS) is 11.5. The topological polar surface area (TPSA) is 58.5 Å². The number of hydrogen-bond acceptors (Lipinski definition) is 6. The molecule has 0 unspecified atom stereocenters. The standard InChI is InChI=1S/C23H27Cl2NO5/c1-16(26-31-23(2,3)4)15-29-17-6-8-18(9-7-17)30-20-11-10-19(14-21(20)27-5)28-13-12-22(24)25/h6-12,14H,13,15H2,1-5H3. The van der Waals surface area contributed by atoms with Crippen LogP contribution in [0.5, 0.6) is 28.7 Å². The smallest absolute Gasteiger partial charge is 0.169 e. The van der Waals surface area contributed by atoms with Gasteiger partial charge in [0.2, 0.25) is 0 Å². The average Bonchev–Trinajstić information content (AvgIpc) is 2.72. The third-order valence-electron chi connectivity index (χ3n) is 3.60. The van der Waals surface area contributed by atoms with E-state index in [0.29, 0.717) is 35.4 Å². The molecule has 2 aromatic carbocycles. The Morgan fingerprint density at radius 1 is 0.935 bits per heavy atom. The Morgan fingerprint density at radius 3 is 2.19 bits per heavy atom. The Kier molecular flexibility index (Phi) is 9.34. The first-order valence-electron chi connectivity index (χ1n) is 9.60. The summed E-state index contributed by atoms with van der Waals surface area (Å²) in [6.07, 6.45) is 1.55. The summed E-state index contributed by atoms with van der Waals surface area (Å²) in [5.74, 6) is 3.02. The highest BCUT2D eigenvalue weighted by Gasteiger charge is 2.11. The number of methoxy groups -OCH3 is 1. The van der Waals surface area contributed by atoms with E-state index in [0.717, 1.165) is 5.71 Å². The molecule has 0 saturated heterocycles. The average molecular weight is 468 g/mol. The lowest BCUT2D eigenvalue weighted by Gasteiger charge is -2.16. The van der Waals surface area contributed by atoms with Crippen LogP contribution in [0.4, 0.5) is 0 Å². The second kappa shape index (κ2) is 11.7. The quantitative estimate of drug-likeness (QED) is 0.285. The maximum atomic E-state index is 5.92. The van der Waals surface area contributed by atoms with Crippen LogP contribution in [0.1, 0.15) is 27.7 Å². The molecule has 0 atom stereocenters. The van der Waals surface area contributed by atoms with Crippen molar-refractivity contribution in [3.8, 4) is 28.7 Å². The van der Waals surface area contributed by atoms with Crippen molar-refractivity contribution in [2.24, 2.45) is 5.16 Å². The third-order valence-corrected chi connectivity index (χ3v) is 3.91. The fourth-order valence-electron chi connectivity index (χ4n) is 2.18. The number of oxime groups is 1. The summed E-state index contributed by atoms with van der Waals surface area (Å²) in [4.78, 5) is 5.38. The summed E-state index contributed by atoms with van der Waals surface area (Å²) in [6, 6.07) is 12.5. The molecule has 0 bridgehead atoms. The highest BCUT2D eigenvalue weighted by molar-refractivity contribution is 6.55. The van der Waals surface area contributed by atoms with Gasteiger partial charge in [0.25, 0.3) is 0 Å². The van der Waals surface area contributed by atoms with E-state index in [1.54, 1.807) is 31.4 Å². The molecule has 6 nitrogen and oxygen atoms in total. The molecular weight excluding hydrogens is 441 g/mol. The fourth-order valence-corrected chi connectivity index (χ4v) is 2.31. The van der Waals surface area contributed by atoms with Crippen LogP contribution in [-0.4, -0.2) is 31.6 Å². The van der Waals surface area contributed by atoms with Gasteiger partial charge in [0, 0.05) is 6.07 Å². The first-order valence-corrected chi connectivity index (χ1v) is 10.4. The van der Waals surface area contributed by atoms with Crippen LogP contribution >= 0.6 is 23.2 Å².